The van der Waals surface area contributed by atoms with Crippen LogP contribution in [0.25, 0.3) is 0 Å². The summed E-state index contributed by atoms with van der Waals surface area (Å²) in [6, 6.07) is 0. The molecule has 1 rings (SSSR count). The number of carbonyl (C=O) groups excluding carboxylic acids is 1. The Hall–Kier alpha value is -0.830. The van der Waals surface area contributed by atoms with Crippen molar-refractivity contribution in [2.45, 2.75) is 40.5 Å². The summed E-state index contributed by atoms with van der Waals surface area (Å²) >= 11 is 0. The van der Waals surface area contributed by atoms with Crippen molar-refractivity contribution < 1.29 is 4.79 Å². The van der Waals surface area contributed by atoms with Crippen molar-refractivity contribution in [3.63, 3.8) is 0 Å². The van der Waals surface area contributed by atoms with E-state index in [1.54, 1.807) is 7.05 Å². The Morgan fingerprint density at radius 1 is 1.50 bits per heavy atom. The normalized spacial score (nSPS) is 24.6. The molecule has 2 unspecified atom stereocenters. The van der Waals surface area contributed by atoms with E-state index in [0.29, 0.717) is 11.8 Å². The van der Waals surface area contributed by atoms with Gasteiger partial charge in [-0.25, -0.2) is 0 Å². The topological polar surface area (TPSA) is 41.1 Å². The Bertz CT molecular complexity index is 320. The van der Waals surface area contributed by atoms with E-state index < -0.39 is 0 Å². The van der Waals surface area contributed by atoms with Gasteiger partial charge in [-0.3, -0.25) is 4.79 Å². The van der Waals surface area contributed by atoms with E-state index in [2.05, 4.69) is 30.6 Å². The van der Waals surface area contributed by atoms with Crippen LogP contribution in [0.15, 0.2) is 11.6 Å². The summed E-state index contributed by atoms with van der Waals surface area (Å²) in [6.45, 7) is 10.2. The molecule has 0 radical (unpaired) electrons. The van der Waals surface area contributed by atoms with Crippen LogP contribution >= 0.6 is 0 Å². The lowest BCUT2D eigenvalue weighted by atomic mass is 9.83. The Kier molecular flexibility index (Phi) is 5.39. The van der Waals surface area contributed by atoms with E-state index in [0.717, 1.165) is 13.1 Å². The molecule has 0 aromatic carbocycles. The molecular formula is C15H28N2O. The molecule has 3 nitrogen and oxygen atoms in total. The van der Waals surface area contributed by atoms with Crippen molar-refractivity contribution in [1.82, 2.24) is 10.6 Å². The zero-order valence-corrected chi connectivity index (χ0v) is 12.5. The van der Waals surface area contributed by atoms with Crippen LogP contribution in [-0.4, -0.2) is 26.0 Å². The van der Waals surface area contributed by atoms with Crippen molar-refractivity contribution in [3.8, 4) is 0 Å². The van der Waals surface area contributed by atoms with Crippen molar-refractivity contribution in [2.75, 3.05) is 20.1 Å². The lowest BCUT2D eigenvalue weighted by Gasteiger charge is -2.28. The SMILES string of the molecule is CNC(=O)C(C)(C)CNCC1CC(C)=CC(C)C1. The fraction of sp³-hybridized carbons (Fsp3) is 0.800. The molecule has 0 saturated heterocycles. The number of amides is 1. The maximum Gasteiger partial charge on any atom is 0.226 e. The first-order chi connectivity index (χ1) is 8.35. The van der Waals surface area contributed by atoms with Gasteiger partial charge < -0.3 is 10.6 Å². The minimum atomic E-state index is -0.333. The van der Waals surface area contributed by atoms with E-state index in [1.807, 2.05) is 13.8 Å². The highest BCUT2D eigenvalue weighted by Crippen LogP contribution is 2.27. The summed E-state index contributed by atoms with van der Waals surface area (Å²) in [7, 11) is 1.70. The molecule has 3 heteroatoms. The quantitative estimate of drug-likeness (QED) is 0.737. The molecule has 1 amide bonds. The van der Waals surface area contributed by atoms with Gasteiger partial charge in [0.2, 0.25) is 5.91 Å². The zero-order valence-electron chi connectivity index (χ0n) is 12.5. The minimum absolute atomic E-state index is 0.100. The van der Waals surface area contributed by atoms with Gasteiger partial charge in [0, 0.05) is 13.6 Å². The van der Waals surface area contributed by atoms with Crippen molar-refractivity contribution in [1.29, 1.82) is 0 Å². The average molecular weight is 252 g/mol. The first-order valence-electron chi connectivity index (χ1n) is 6.95. The second-order valence-corrected chi connectivity index (χ2v) is 6.39. The van der Waals surface area contributed by atoms with Gasteiger partial charge in [-0.05, 0) is 52.0 Å². The first-order valence-corrected chi connectivity index (χ1v) is 6.95. The van der Waals surface area contributed by atoms with Crippen LogP contribution in [0.3, 0.4) is 0 Å². The Balaban J connectivity index is 2.34. The highest BCUT2D eigenvalue weighted by atomic mass is 16.2. The summed E-state index contributed by atoms with van der Waals surface area (Å²) < 4.78 is 0. The molecule has 0 saturated carbocycles. The van der Waals surface area contributed by atoms with E-state index >= 15 is 0 Å². The van der Waals surface area contributed by atoms with Crippen LogP contribution in [0.5, 0.6) is 0 Å². The smallest absolute Gasteiger partial charge is 0.226 e. The number of hydrogen-bond acceptors (Lipinski definition) is 2. The van der Waals surface area contributed by atoms with Gasteiger partial charge in [-0.2, -0.15) is 0 Å². The number of allylic oxidation sites excluding steroid dienone is 2. The van der Waals surface area contributed by atoms with E-state index in [4.69, 9.17) is 0 Å². The predicted octanol–water partition coefficient (Wildman–Crippen LogP) is 2.34. The average Bonchev–Trinajstić information content (AvgIpc) is 2.26. The molecule has 1 aliphatic rings. The minimum Gasteiger partial charge on any atom is -0.359 e. The molecule has 18 heavy (non-hydrogen) atoms. The zero-order chi connectivity index (χ0) is 13.8. The third kappa shape index (κ3) is 4.45. The lowest BCUT2D eigenvalue weighted by molar-refractivity contribution is -0.128. The van der Waals surface area contributed by atoms with E-state index in [-0.39, 0.29) is 11.3 Å². The molecule has 0 aromatic rings. The molecule has 2 N–H and O–H groups in total. The lowest BCUT2D eigenvalue weighted by Crippen LogP contribution is -2.43. The molecule has 1 aliphatic carbocycles. The number of rotatable bonds is 5. The molecule has 0 heterocycles. The van der Waals surface area contributed by atoms with Crippen LogP contribution in [-0.2, 0) is 4.79 Å². The molecule has 0 aliphatic heterocycles. The van der Waals surface area contributed by atoms with Crippen LogP contribution in [0.4, 0.5) is 0 Å². The van der Waals surface area contributed by atoms with Gasteiger partial charge in [-0.15, -0.1) is 0 Å². The molecule has 0 aromatic heterocycles. The second kappa shape index (κ2) is 6.37. The highest BCUT2D eigenvalue weighted by molar-refractivity contribution is 5.81. The van der Waals surface area contributed by atoms with Crippen molar-refractivity contribution in [3.05, 3.63) is 11.6 Å². The molecule has 104 valence electrons. The monoisotopic (exact) mass is 252 g/mol. The van der Waals surface area contributed by atoms with Gasteiger partial charge in [0.15, 0.2) is 0 Å². The van der Waals surface area contributed by atoms with Crippen LogP contribution in [0.1, 0.15) is 40.5 Å². The third-order valence-corrected chi connectivity index (χ3v) is 3.73. The molecule has 0 fully saturated rings. The summed E-state index contributed by atoms with van der Waals surface area (Å²) in [5, 5.41) is 6.18. The maximum atomic E-state index is 11.7. The predicted molar refractivity (Wildman–Crippen MR) is 76.4 cm³/mol. The third-order valence-electron chi connectivity index (χ3n) is 3.73. The fourth-order valence-corrected chi connectivity index (χ4v) is 2.85. The summed E-state index contributed by atoms with van der Waals surface area (Å²) in [5.41, 5.74) is 1.17. The van der Waals surface area contributed by atoms with Gasteiger partial charge in [0.05, 0.1) is 5.41 Å². The number of nitrogens with one attached hydrogen (secondary N) is 2. The fourth-order valence-electron chi connectivity index (χ4n) is 2.85. The molecule has 0 spiro atoms. The van der Waals surface area contributed by atoms with Gasteiger partial charge in [0.25, 0.3) is 0 Å². The molecule has 0 bridgehead atoms. The number of hydrogen-bond donors (Lipinski definition) is 2. The van der Waals surface area contributed by atoms with Gasteiger partial charge in [0.1, 0.15) is 0 Å². The Morgan fingerprint density at radius 3 is 2.72 bits per heavy atom. The van der Waals surface area contributed by atoms with Gasteiger partial charge >= 0.3 is 0 Å². The second-order valence-electron chi connectivity index (χ2n) is 6.39. The number of carbonyl (C=O) groups is 1. The summed E-state index contributed by atoms with van der Waals surface area (Å²) in [6.07, 6.45) is 4.83. The van der Waals surface area contributed by atoms with Gasteiger partial charge in [-0.1, -0.05) is 18.6 Å². The largest absolute Gasteiger partial charge is 0.359 e. The van der Waals surface area contributed by atoms with Crippen LogP contribution in [0.2, 0.25) is 0 Å². The van der Waals surface area contributed by atoms with E-state index in [9.17, 15) is 4.79 Å². The van der Waals surface area contributed by atoms with Crippen LogP contribution in [0, 0.1) is 17.3 Å². The van der Waals surface area contributed by atoms with E-state index in [1.165, 1.54) is 18.4 Å². The van der Waals surface area contributed by atoms with Crippen molar-refractivity contribution >= 4 is 5.91 Å². The Labute approximate surface area is 111 Å². The van der Waals surface area contributed by atoms with Crippen LogP contribution < -0.4 is 10.6 Å². The standard InChI is InChI=1S/C15H28N2O/c1-11-6-12(2)8-13(7-11)9-17-10-15(3,4)14(18)16-5/h6,11,13,17H,7-10H2,1-5H3,(H,16,18). The highest BCUT2D eigenvalue weighted by Gasteiger charge is 2.26. The maximum absolute atomic E-state index is 11.7. The summed E-state index contributed by atoms with van der Waals surface area (Å²) in [5.74, 6) is 1.51. The molecular weight excluding hydrogens is 224 g/mol. The van der Waals surface area contributed by atoms with Crippen molar-refractivity contribution in [2.24, 2.45) is 17.3 Å². The Morgan fingerprint density at radius 2 is 2.17 bits per heavy atom. The summed E-state index contributed by atoms with van der Waals surface area (Å²) in [4.78, 5) is 11.7. The molecule has 2 atom stereocenters. The first kappa shape index (κ1) is 15.2.